The third-order valence-corrected chi connectivity index (χ3v) is 4.28. The van der Waals surface area contributed by atoms with E-state index in [4.69, 9.17) is 11.6 Å². The molecule has 1 aliphatic rings. The van der Waals surface area contributed by atoms with Gasteiger partial charge in [-0.1, -0.05) is 47.3 Å². The molecule has 0 bridgehead atoms. The van der Waals surface area contributed by atoms with Crippen molar-refractivity contribution >= 4 is 39.5 Å². The molecule has 13 heavy (non-hydrogen) atoms. The summed E-state index contributed by atoms with van der Waals surface area (Å²) in [6.07, 6.45) is 0. The van der Waals surface area contributed by atoms with Crippen molar-refractivity contribution in [2.75, 3.05) is 12.3 Å². The maximum absolute atomic E-state index is 6.02. The monoisotopic (exact) mass is 229 g/mol. The van der Waals surface area contributed by atoms with Gasteiger partial charge in [-0.15, -0.1) is 0 Å². The Morgan fingerprint density at radius 3 is 2.92 bits per heavy atom. The second-order valence-corrected chi connectivity index (χ2v) is 5.31. The highest BCUT2D eigenvalue weighted by Gasteiger charge is 2.10. The predicted octanol–water partition coefficient (Wildman–Crippen LogP) is 3.53. The van der Waals surface area contributed by atoms with E-state index in [1.165, 1.54) is 0 Å². The maximum Gasteiger partial charge on any atom is 0.129 e. The first kappa shape index (κ1) is 9.44. The SMILES string of the molecule is Clc1ccccc1SC1=NCCS1. The average molecular weight is 230 g/mol. The number of rotatable bonds is 1. The second-order valence-electron chi connectivity index (χ2n) is 2.53. The molecule has 2 rings (SSSR count). The molecular weight excluding hydrogens is 222 g/mol. The molecule has 0 unspecified atom stereocenters. The first-order valence-electron chi connectivity index (χ1n) is 3.96. The van der Waals surface area contributed by atoms with Crippen LogP contribution in [0.4, 0.5) is 0 Å². The summed E-state index contributed by atoms with van der Waals surface area (Å²) in [7, 11) is 0. The van der Waals surface area contributed by atoms with Gasteiger partial charge >= 0.3 is 0 Å². The van der Waals surface area contributed by atoms with Crippen LogP contribution in [-0.2, 0) is 0 Å². The summed E-state index contributed by atoms with van der Waals surface area (Å²) in [4.78, 5) is 5.45. The number of benzene rings is 1. The van der Waals surface area contributed by atoms with Crippen LogP contribution in [0.2, 0.25) is 5.02 Å². The lowest BCUT2D eigenvalue weighted by molar-refractivity contribution is 1.18. The number of nitrogens with zero attached hydrogens (tertiary/aromatic N) is 1. The molecule has 1 aromatic rings. The summed E-state index contributed by atoms with van der Waals surface area (Å²) in [6.45, 7) is 0.942. The zero-order valence-corrected chi connectivity index (χ0v) is 9.25. The van der Waals surface area contributed by atoms with Gasteiger partial charge in [-0.2, -0.15) is 0 Å². The van der Waals surface area contributed by atoms with E-state index in [0.29, 0.717) is 0 Å². The Bertz CT molecular complexity index is 338. The van der Waals surface area contributed by atoms with Crippen molar-refractivity contribution in [3.63, 3.8) is 0 Å². The molecule has 0 amide bonds. The Hall–Kier alpha value is -0.120. The van der Waals surface area contributed by atoms with Gasteiger partial charge in [0.05, 0.1) is 11.6 Å². The molecule has 0 aliphatic carbocycles. The lowest BCUT2D eigenvalue weighted by Gasteiger charge is -2.01. The summed E-state index contributed by atoms with van der Waals surface area (Å²) in [5.74, 6) is 1.10. The maximum atomic E-state index is 6.02. The van der Waals surface area contributed by atoms with Gasteiger partial charge in [0.25, 0.3) is 0 Å². The van der Waals surface area contributed by atoms with Crippen LogP contribution in [0.15, 0.2) is 34.2 Å². The molecule has 0 aromatic heterocycles. The van der Waals surface area contributed by atoms with E-state index >= 15 is 0 Å². The molecule has 0 atom stereocenters. The Labute approximate surface area is 91.0 Å². The molecular formula is C9H8ClNS2. The quantitative estimate of drug-likeness (QED) is 0.731. The van der Waals surface area contributed by atoms with Crippen LogP contribution in [0.25, 0.3) is 0 Å². The van der Waals surface area contributed by atoms with Gasteiger partial charge in [-0.05, 0) is 12.1 Å². The van der Waals surface area contributed by atoms with Crippen molar-refractivity contribution in [3.8, 4) is 0 Å². The number of thioether (sulfide) groups is 2. The zero-order valence-electron chi connectivity index (χ0n) is 6.87. The molecule has 68 valence electrons. The number of hydrogen-bond acceptors (Lipinski definition) is 3. The van der Waals surface area contributed by atoms with Gasteiger partial charge in [-0.3, -0.25) is 4.99 Å². The highest BCUT2D eigenvalue weighted by atomic mass is 35.5. The van der Waals surface area contributed by atoms with Crippen molar-refractivity contribution in [2.45, 2.75) is 4.90 Å². The molecule has 0 N–H and O–H groups in total. The fourth-order valence-electron chi connectivity index (χ4n) is 0.999. The molecule has 0 saturated heterocycles. The zero-order chi connectivity index (χ0) is 9.10. The minimum atomic E-state index is 0.808. The third-order valence-electron chi connectivity index (χ3n) is 1.59. The minimum absolute atomic E-state index is 0.808. The minimum Gasteiger partial charge on any atom is -0.271 e. The van der Waals surface area contributed by atoms with Gasteiger partial charge < -0.3 is 0 Å². The van der Waals surface area contributed by atoms with Gasteiger partial charge in [0.1, 0.15) is 4.38 Å². The molecule has 0 radical (unpaired) electrons. The molecule has 0 spiro atoms. The molecule has 1 heterocycles. The highest BCUT2D eigenvalue weighted by Crippen LogP contribution is 2.33. The smallest absolute Gasteiger partial charge is 0.129 e. The van der Waals surface area contributed by atoms with Crippen LogP contribution in [0.3, 0.4) is 0 Å². The number of hydrogen-bond donors (Lipinski definition) is 0. The molecule has 1 nitrogen and oxygen atoms in total. The van der Waals surface area contributed by atoms with Crippen LogP contribution >= 0.6 is 35.1 Å². The molecule has 0 fully saturated rings. The lowest BCUT2D eigenvalue weighted by Crippen LogP contribution is -1.80. The molecule has 1 aromatic carbocycles. The largest absolute Gasteiger partial charge is 0.271 e. The first-order valence-corrected chi connectivity index (χ1v) is 6.14. The van der Waals surface area contributed by atoms with Crippen molar-refractivity contribution in [1.82, 2.24) is 0 Å². The van der Waals surface area contributed by atoms with E-state index in [-0.39, 0.29) is 0 Å². The number of aliphatic imine (C=N–C) groups is 1. The average Bonchev–Trinajstić information content (AvgIpc) is 2.61. The van der Waals surface area contributed by atoms with E-state index in [1.54, 1.807) is 23.5 Å². The Morgan fingerprint density at radius 2 is 2.23 bits per heavy atom. The number of halogens is 1. The van der Waals surface area contributed by atoms with Crippen molar-refractivity contribution in [3.05, 3.63) is 29.3 Å². The second kappa shape index (κ2) is 4.40. The van der Waals surface area contributed by atoms with Crippen LogP contribution in [0.1, 0.15) is 0 Å². The van der Waals surface area contributed by atoms with Gasteiger partial charge in [0.2, 0.25) is 0 Å². The normalized spacial score (nSPS) is 15.9. The standard InChI is InChI=1S/C9H8ClNS2/c10-7-3-1-2-4-8(7)13-9-11-5-6-12-9/h1-4H,5-6H2. The van der Waals surface area contributed by atoms with Crippen LogP contribution in [0, 0.1) is 0 Å². The fourth-order valence-corrected chi connectivity index (χ4v) is 3.20. The Balaban J connectivity index is 2.13. The van der Waals surface area contributed by atoms with E-state index in [1.807, 2.05) is 24.3 Å². The fraction of sp³-hybridized carbons (Fsp3) is 0.222. The van der Waals surface area contributed by atoms with E-state index in [2.05, 4.69) is 4.99 Å². The Morgan fingerprint density at radius 1 is 1.38 bits per heavy atom. The molecule has 0 saturated carbocycles. The van der Waals surface area contributed by atoms with Crippen molar-refractivity contribution < 1.29 is 0 Å². The summed E-state index contributed by atoms with van der Waals surface area (Å²) < 4.78 is 1.13. The summed E-state index contributed by atoms with van der Waals surface area (Å²) in [5, 5.41) is 0.808. The van der Waals surface area contributed by atoms with Crippen LogP contribution in [0.5, 0.6) is 0 Å². The predicted molar refractivity (Wildman–Crippen MR) is 62.1 cm³/mol. The van der Waals surface area contributed by atoms with Gasteiger partial charge in [-0.25, -0.2) is 0 Å². The third kappa shape index (κ3) is 2.42. The van der Waals surface area contributed by atoms with E-state index in [0.717, 1.165) is 26.6 Å². The van der Waals surface area contributed by atoms with Crippen molar-refractivity contribution in [2.24, 2.45) is 4.99 Å². The van der Waals surface area contributed by atoms with E-state index < -0.39 is 0 Å². The highest BCUT2D eigenvalue weighted by molar-refractivity contribution is 8.39. The summed E-state index contributed by atoms with van der Waals surface area (Å²) in [6, 6.07) is 7.86. The topological polar surface area (TPSA) is 12.4 Å². The summed E-state index contributed by atoms with van der Waals surface area (Å²) >= 11 is 9.48. The first-order chi connectivity index (χ1) is 6.36. The molecule has 1 aliphatic heterocycles. The molecule has 4 heteroatoms. The Kier molecular flexibility index (Phi) is 3.19. The lowest BCUT2D eigenvalue weighted by atomic mass is 10.4. The summed E-state index contributed by atoms with van der Waals surface area (Å²) in [5.41, 5.74) is 0. The van der Waals surface area contributed by atoms with Crippen LogP contribution in [-0.4, -0.2) is 16.7 Å². The van der Waals surface area contributed by atoms with E-state index in [9.17, 15) is 0 Å². The van der Waals surface area contributed by atoms with Gasteiger partial charge in [0.15, 0.2) is 0 Å². The van der Waals surface area contributed by atoms with Crippen LogP contribution < -0.4 is 0 Å². The van der Waals surface area contributed by atoms with Crippen molar-refractivity contribution in [1.29, 1.82) is 0 Å². The van der Waals surface area contributed by atoms with Gasteiger partial charge in [0, 0.05) is 10.6 Å².